The first-order valence-corrected chi connectivity index (χ1v) is 11.1. The van der Waals surface area contributed by atoms with E-state index in [2.05, 4.69) is 11.5 Å². The van der Waals surface area contributed by atoms with Crippen molar-refractivity contribution in [3.63, 3.8) is 0 Å². The van der Waals surface area contributed by atoms with Gasteiger partial charge in [0.15, 0.2) is 0 Å². The molecule has 0 bridgehead atoms. The number of ether oxygens (including phenoxy) is 3. The Balaban J connectivity index is 1.93. The van der Waals surface area contributed by atoms with Crippen LogP contribution in [0.25, 0.3) is 11.3 Å². The Morgan fingerprint density at radius 1 is 1.21 bits per heavy atom. The number of aliphatic hydroxyl groups excluding tert-OH is 1. The third-order valence-corrected chi connectivity index (χ3v) is 5.15. The highest BCUT2D eigenvalue weighted by Crippen LogP contribution is 2.34. The van der Waals surface area contributed by atoms with Crippen LogP contribution in [0.1, 0.15) is 5.56 Å². The maximum absolute atomic E-state index is 13.8. The van der Waals surface area contributed by atoms with Crippen molar-refractivity contribution in [2.75, 3.05) is 40.0 Å². The monoisotopic (exact) mass is 469 g/mol. The standard InChI is InChI=1S/C26H32FN3O4/c1-4-14-33-19-22(31)17-30(13-15-32-3)18-24-25(20-9-6-5-7-10-20)28-29(2)26(24)34-23-12-8-11-21(27)16-23/h4-12,16,22,31H,1,13-15,17-19H2,2-3H3/t22-/m1/s1. The van der Waals surface area contributed by atoms with Gasteiger partial charge >= 0.3 is 0 Å². The van der Waals surface area contributed by atoms with Crippen LogP contribution in [0.2, 0.25) is 0 Å². The molecule has 0 spiro atoms. The highest BCUT2D eigenvalue weighted by Gasteiger charge is 2.23. The Morgan fingerprint density at radius 3 is 2.71 bits per heavy atom. The van der Waals surface area contributed by atoms with Gasteiger partial charge in [0.25, 0.3) is 0 Å². The lowest BCUT2D eigenvalue weighted by atomic mass is 10.1. The predicted octanol–water partition coefficient (Wildman–Crippen LogP) is 4.03. The first-order valence-electron chi connectivity index (χ1n) is 11.1. The Hall–Kier alpha value is -3.04. The number of nitrogens with zero attached hydrogens (tertiary/aromatic N) is 3. The topological polar surface area (TPSA) is 69.0 Å². The second-order valence-corrected chi connectivity index (χ2v) is 7.89. The van der Waals surface area contributed by atoms with E-state index in [-0.39, 0.29) is 12.4 Å². The molecule has 0 aliphatic heterocycles. The molecule has 0 fully saturated rings. The minimum atomic E-state index is -0.693. The van der Waals surface area contributed by atoms with Crippen molar-refractivity contribution in [1.82, 2.24) is 14.7 Å². The first-order chi connectivity index (χ1) is 16.5. The lowest BCUT2D eigenvalue weighted by molar-refractivity contribution is 0.0193. The molecule has 0 aliphatic rings. The number of aliphatic hydroxyl groups is 1. The van der Waals surface area contributed by atoms with Crippen molar-refractivity contribution in [1.29, 1.82) is 0 Å². The van der Waals surface area contributed by atoms with E-state index in [4.69, 9.17) is 19.3 Å². The quantitative estimate of drug-likeness (QED) is 0.284. The largest absolute Gasteiger partial charge is 0.439 e. The van der Waals surface area contributed by atoms with Crippen LogP contribution >= 0.6 is 0 Å². The van der Waals surface area contributed by atoms with Gasteiger partial charge in [-0.1, -0.05) is 42.5 Å². The molecule has 3 aromatic rings. The Morgan fingerprint density at radius 2 is 2.00 bits per heavy atom. The second-order valence-electron chi connectivity index (χ2n) is 7.89. The molecule has 3 rings (SSSR count). The van der Waals surface area contributed by atoms with Gasteiger partial charge in [-0.15, -0.1) is 6.58 Å². The average molecular weight is 470 g/mol. The molecule has 1 aromatic heterocycles. The van der Waals surface area contributed by atoms with Crippen LogP contribution in [0.3, 0.4) is 0 Å². The van der Waals surface area contributed by atoms with Gasteiger partial charge in [0.2, 0.25) is 5.88 Å². The Bertz CT molecular complexity index is 1040. The van der Waals surface area contributed by atoms with Gasteiger partial charge in [0.05, 0.1) is 31.5 Å². The van der Waals surface area contributed by atoms with E-state index in [1.807, 2.05) is 30.3 Å². The van der Waals surface area contributed by atoms with Crippen molar-refractivity contribution in [2.24, 2.45) is 7.05 Å². The number of aryl methyl sites for hydroxylation is 1. The number of aromatic nitrogens is 2. The number of methoxy groups -OCH3 is 1. The molecule has 7 nitrogen and oxygen atoms in total. The molecule has 0 radical (unpaired) electrons. The van der Waals surface area contributed by atoms with Crippen molar-refractivity contribution >= 4 is 0 Å². The van der Waals surface area contributed by atoms with Crippen LogP contribution in [0.5, 0.6) is 11.6 Å². The SMILES string of the molecule is C=CCOC[C@H](O)CN(CCOC)Cc1c(-c2ccccc2)nn(C)c1Oc1cccc(F)c1. The molecule has 0 saturated carbocycles. The number of halogens is 1. The van der Waals surface area contributed by atoms with Crippen LogP contribution in [0, 0.1) is 5.82 Å². The zero-order chi connectivity index (χ0) is 24.3. The van der Waals surface area contributed by atoms with E-state index in [0.29, 0.717) is 44.5 Å². The van der Waals surface area contributed by atoms with E-state index in [0.717, 1.165) is 16.8 Å². The first kappa shape index (κ1) is 25.6. The lowest BCUT2D eigenvalue weighted by Gasteiger charge is -2.25. The highest BCUT2D eigenvalue weighted by atomic mass is 19.1. The molecule has 1 atom stereocenters. The van der Waals surface area contributed by atoms with E-state index in [1.165, 1.54) is 12.1 Å². The highest BCUT2D eigenvalue weighted by molar-refractivity contribution is 5.65. The van der Waals surface area contributed by atoms with E-state index in [1.54, 1.807) is 37.0 Å². The van der Waals surface area contributed by atoms with Crippen LogP contribution in [0.4, 0.5) is 4.39 Å². The summed E-state index contributed by atoms with van der Waals surface area (Å²) in [6.45, 7) is 6.06. The summed E-state index contributed by atoms with van der Waals surface area (Å²) in [5.74, 6) is 0.503. The fraction of sp³-hybridized carbons (Fsp3) is 0.346. The Labute approximate surface area is 200 Å². The Kier molecular flexibility index (Phi) is 9.78. The molecule has 0 aliphatic carbocycles. The van der Waals surface area contributed by atoms with Gasteiger partial charge in [0, 0.05) is 45.4 Å². The van der Waals surface area contributed by atoms with Gasteiger partial charge in [-0.05, 0) is 12.1 Å². The molecule has 0 saturated heterocycles. The maximum Gasteiger partial charge on any atom is 0.222 e. The number of hydrogen-bond acceptors (Lipinski definition) is 6. The normalized spacial score (nSPS) is 12.1. The third kappa shape index (κ3) is 7.23. The van der Waals surface area contributed by atoms with Crippen LogP contribution in [0.15, 0.2) is 67.3 Å². The van der Waals surface area contributed by atoms with E-state index < -0.39 is 6.10 Å². The smallest absolute Gasteiger partial charge is 0.222 e. The van der Waals surface area contributed by atoms with Crippen LogP contribution < -0.4 is 4.74 Å². The molecule has 1 N–H and O–H groups in total. The zero-order valence-electron chi connectivity index (χ0n) is 19.7. The van der Waals surface area contributed by atoms with Gasteiger partial charge in [-0.25, -0.2) is 9.07 Å². The number of rotatable bonds is 14. The predicted molar refractivity (Wildman–Crippen MR) is 129 cm³/mol. The maximum atomic E-state index is 13.8. The van der Waals surface area contributed by atoms with Crippen molar-refractivity contribution in [3.05, 3.63) is 78.6 Å². The van der Waals surface area contributed by atoms with Gasteiger partial charge in [-0.3, -0.25) is 4.90 Å². The minimum absolute atomic E-state index is 0.195. The molecular formula is C26H32FN3O4. The second kappa shape index (κ2) is 13.0. The number of benzene rings is 2. The van der Waals surface area contributed by atoms with Gasteiger partial charge < -0.3 is 19.3 Å². The molecule has 0 unspecified atom stereocenters. The van der Waals surface area contributed by atoms with Gasteiger partial charge in [0.1, 0.15) is 17.3 Å². The molecular weight excluding hydrogens is 437 g/mol. The molecule has 34 heavy (non-hydrogen) atoms. The summed E-state index contributed by atoms with van der Waals surface area (Å²) in [6.07, 6.45) is 0.953. The zero-order valence-corrected chi connectivity index (χ0v) is 19.7. The minimum Gasteiger partial charge on any atom is -0.439 e. The summed E-state index contributed by atoms with van der Waals surface area (Å²) in [6, 6.07) is 15.8. The average Bonchev–Trinajstić information content (AvgIpc) is 3.13. The van der Waals surface area contributed by atoms with Crippen LogP contribution in [-0.2, 0) is 23.1 Å². The van der Waals surface area contributed by atoms with Gasteiger partial charge in [-0.2, -0.15) is 5.10 Å². The van der Waals surface area contributed by atoms with Crippen molar-refractivity contribution in [3.8, 4) is 22.9 Å². The van der Waals surface area contributed by atoms with Crippen molar-refractivity contribution in [2.45, 2.75) is 12.6 Å². The van der Waals surface area contributed by atoms with E-state index in [9.17, 15) is 9.50 Å². The summed E-state index contributed by atoms with van der Waals surface area (Å²) in [4.78, 5) is 2.06. The van der Waals surface area contributed by atoms with Crippen molar-refractivity contribution < 1.29 is 23.7 Å². The summed E-state index contributed by atoms with van der Waals surface area (Å²) in [5.41, 5.74) is 2.52. The molecule has 182 valence electrons. The number of hydrogen-bond donors (Lipinski definition) is 1. The fourth-order valence-electron chi connectivity index (χ4n) is 3.61. The summed E-state index contributed by atoms with van der Waals surface area (Å²) < 4.78 is 32.3. The van der Waals surface area contributed by atoms with Crippen LogP contribution in [-0.4, -0.2) is 65.9 Å². The summed E-state index contributed by atoms with van der Waals surface area (Å²) in [5, 5.41) is 15.2. The fourth-order valence-corrected chi connectivity index (χ4v) is 3.61. The molecule has 8 heteroatoms. The van der Waals surface area contributed by atoms with E-state index >= 15 is 0 Å². The molecule has 0 amide bonds. The third-order valence-electron chi connectivity index (χ3n) is 5.15. The molecule has 1 heterocycles. The lowest BCUT2D eigenvalue weighted by Crippen LogP contribution is -2.36. The summed E-state index contributed by atoms with van der Waals surface area (Å²) >= 11 is 0. The molecule has 2 aromatic carbocycles. The summed E-state index contributed by atoms with van der Waals surface area (Å²) in [7, 11) is 3.43.